The first-order valence-corrected chi connectivity index (χ1v) is 9.16. The molecule has 0 aliphatic heterocycles. The van der Waals surface area contributed by atoms with E-state index in [0.717, 1.165) is 29.6 Å². The summed E-state index contributed by atoms with van der Waals surface area (Å²) in [4.78, 5) is 13.3. The van der Waals surface area contributed by atoms with E-state index in [2.05, 4.69) is 19.6 Å². The van der Waals surface area contributed by atoms with Crippen molar-refractivity contribution in [3.63, 3.8) is 0 Å². The molecule has 0 N–H and O–H groups in total. The largest absolute Gasteiger partial charge is 0.289 e. The van der Waals surface area contributed by atoms with Crippen LogP contribution in [0.15, 0.2) is 23.6 Å². The summed E-state index contributed by atoms with van der Waals surface area (Å²) in [5, 5.41) is 10.5. The number of thiophene rings is 1. The average Bonchev–Trinajstić information content (AvgIpc) is 2.97. The Hall–Kier alpha value is -1.40. The molecule has 0 aromatic carbocycles. The lowest BCUT2D eigenvalue weighted by Gasteiger charge is -2.28. The van der Waals surface area contributed by atoms with Gasteiger partial charge in [-0.2, -0.15) is 5.26 Å². The van der Waals surface area contributed by atoms with E-state index in [1.165, 1.54) is 43.4 Å². The lowest BCUT2D eigenvalue weighted by atomic mass is 9.77. The maximum absolute atomic E-state index is 12.3. The zero-order chi connectivity index (χ0) is 15.9. The Labute approximate surface area is 137 Å². The molecule has 1 heterocycles. The van der Waals surface area contributed by atoms with E-state index in [1.807, 2.05) is 11.4 Å². The van der Waals surface area contributed by atoms with Crippen LogP contribution in [0, 0.1) is 23.2 Å². The van der Waals surface area contributed by atoms with E-state index in [-0.39, 0.29) is 5.78 Å². The number of carbonyl (C=O) groups excluding carboxylic acids is 1. The number of nitriles is 1. The van der Waals surface area contributed by atoms with Crippen molar-refractivity contribution in [3.8, 4) is 6.07 Å². The van der Waals surface area contributed by atoms with Crippen LogP contribution in [-0.4, -0.2) is 5.78 Å². The molecule has 0 saturated heterocycles. The number of hydrogen-bond donors (Lipinski definition) is 0. The first-order chi connectivity index (χ1) is 10.6. The van der Waals surface area contributed by atoms with Crippen LogP contribution in [0.1, 0.15) is 67.1 Å². The van der Waals surface area contributed by atoms with E-state index >= 15 is 0 Å². The highest BCUT2D eigenvalue weighted by molar-refractivity contribution is 7.10. The van der Waals surface area contributed by atoms with E-state index in [0.29, 0.717) is 17.6 Å². The maximum atomic E-state index is 12.3. The van der Waals surface area contributed by atoms with Crippen LogP contribution >= 0.6 is 11.3 Å². The summed E-state index contributed by atoms with van der Waals surface area (Å²) in [6.45, 7) is 6.34. The van der Waals surface area contributed by atoms with Gasteiger partial charge < -0.3 is 0 Å². The van der Waals surface area contributed by atoms with Crippen LogP contribution in [0.2, 0.25) is 0 Å². The van der Waals surface area contributed by atoms with Crippen LogP contribution in [0.25, 0.3) is 0 Å². The van der Waals surface area contributed by atoms with Gasteiger partial charge in [-0.3, -0.25) is 4.79 Å². The molecule has 118 valence electrons. The summed E-state index contributed by atoms with van der Waals surface area (Å²) in [5.41, 5.74) is 1.41. The molecule has 0 bridgehead atoms. The summed E-state index contributed by atoms with van der Waals surface area (Å²) in [6, 6.07) is 3.95. The second-order valence-electron chi connectivity index (χ2n) is 6.48. The predicted octanol–water partition coefficient (Wildman–Crippen LogP) is 5.55. The standard InChI is InChI=1S/C19H25NOS/c1-14-6-3-4-8-16(14)9-5-7-15(2)19(21)17-12-18(10-11-20)22-13-17/h12-14,16H,2-10H2,1H3. The lowest BCUT2D eigenvalue weighted by Crippen LogP contribution is -2.16. The van der Waals surface area contributed by atoms with Crippen molar-refractivity contribution in [3.05, 3.63) is 34.0 Å². The zero-order valence-electron chi connectivity index (χ0n) is 13.4. The van der Waals surface area contributed by atoms with Gasteiger partial charge in [0.25, 0.3) is 0 Å². The highest BCUT2D eigenvalue weighted by atomic mass is 32.1. The molecule has 2 rings (SSSR count). The van der Waals surface area contributed by atoms with E-state index in [9.17, 15) is 4.79 Å². The van der Waals surface area contributed by atoms with Gasteiger partial charge in [0, 0.05) is 15.8 Å². The molecule has 1 aromatic heterocycles. The third kappa shape index (κ3) is 4.55. The molecule has 2 nitrogen and oxygen atoms in total. The van der Waals surface area contributed by atoms with Gasteiger partial charge in [-0.25, -0.2) is 0 Å². The average molecular weight is 315 g/mol. The molecule has 0 spiro atoms. The van der Waals surface area contributed by atoms with Gasteiger partial charge in [-0.15, -0.1) is 11.3 Å². The minimum Gasteiger partial charge on any atom is -0.289 e. The van der Waals surface area contributed by atoms with E-state index in [4.69, 9.17) is 5.26 Å². The fourth-order valence-corrected chi connectivity index (χ4v) is 4.18. The molecule has 1 aliphatic carbocycles. The Morgan fingerprint density at radius 3 is 2.95 bits per heavy atom. The third-order valence-electron chi connectivity index (χ3n) is 4.83. The predicted molar refractivity (Wildman–Crippen MR) is 92.1 cm³/mol. The number of carbonyl (C=O) groups is 1. The minimum absolute atomic E-state index is 0.0529. The maximum Gasteiger partial charge on any atom is 0.189 e. The highest BCUT2D eigenvalue weighted by Crippen LogP contribution is 2.33. The number of allylic oxidation sites excluding steroid dienone is 1. The number of nitrogens with zero attached hydrogens (tertiary/aromatic N) is 1. The first kappa shape index (κ1) is 17.0. The summed E-state index contributed by atoms with van der Waals surface area (Å²) >= 11 is 1.48. The van der Waals surface area contributed by atoms with Crippen molar-refractivity contribution in [2.75, 3.05) is 0 Å². The molecular weight excluding hydrogens is 290 g/mol. The second kappa shape index (κ2) is 8.29. The van der Waals surface area contributed by atoms with Crippen molar-refractivity contribution in [2.45, 2.75) is 58.3 Å². The number of Topliss-reactive ketones (excluding diaryl/α,β-unsaturated/α-hetero) is 1. The Kier molecular flexibility index (Phi) is 6.39. The fraction of sp³-hybridized carbons (Fsp3) is 0.579. The molecule has 22 heavy (non-hydrogen) atoms. The smallest absolute Gasteiger partial charge is 0.189 e. The lowest BCUT2D eigenvalue weighted by molar-refractivity contribution is 0.103. The van der Waals surface area contributed by atoms with Crippen LogP contribution in [-0.2, 0) is 6.42 Å². The van der Waals surface area contributed by atoms with Crippen molar-refractivity contribution in [2.24, 2.45) is 11.8 Å². The van der Waals surface area contributed by atoms with Crippen molar-refractivity contribution in [1.29, 1.82) is 5.26 Å². The first-order valence-electron chi connectivity index (χ1n) is 8.28. The summed E-state index contributed by atoms with van der Waals surface area (Å²) in [5.74, 6) is 1.72. The van der Waals surface area contributed by atoms with Crippen LogP contribution in [0.4, 0.5) is 0 Å². The third-order valence-corrected chi connectivity index (χ3v) is 5.77. The zero-order valence-corrected chi connectivity index (χ0v) is 14.3. The topological polar surface area (TPSA) is 40.9 Å². The molecule has 1 saturated carbocycles. The Bertz CT molecular complexity index is 566. The monoisotopic (exact) mass is 315 g/mol. The summed E-state index contributed by atoms with van der Waals surface area (Å²) in [6.07, 6.45) is 8.92. The quantitative estimate of drug-likeness (QED) is 0.489. The molecule has 1 aliphatic rings. The summed E-state index contributed by atoms with van der Waals surface area (Å²) in [7, 11) is 0. The SMILES string of the molecule is C=C(CCCC1CCCCC1C)C(=O)c1csc(CC#N)c1. The van der Waals surface area contributed by atoms with Crippen molar-refractivity contribution < 1.29 is 4.79 Å². The van der Waals surface area contributed by atoms with Crippen LogP contribution < -0.4 is 0 Å². The highest BCUT2D eigenvalue weighted by Gasteiger charge is 2.21. The molecule has 0 radical (unpaired) electrons. The number of rotatable bonds is 7. The molecule has 1 fully saturated rings. The van der Waals surface area contributed by atoms with Crippen LogP contribution in [0.5, 0.6) is 0 Å². The fourth-order valence-electron chi connectivity index (χ4n) is 3.39. The van der Waals surface area contributed by atoms with Crippen molar-refractivity contribution in [1.82, 2.24) is 0 Å². The van der Waals surface area contributed by atoms with E-state index < -0.39 is 0 Å². The normalized spacial score (nSPS) is 21.3. The number of hydrogen-bond acceptors (Lipinski definition) is 3. The van der Waals surface area contributed by atoms with Gasteiger partial charge in [0.1, 0.15) is 0 Å². The Morgan fingerprint density at radius 2 is 2.23 bits per heavy atom. The molecule has 2 unspecified atom stereocenters. The molecule has 2 atom stereocenters. The van der Waals surface area contributed by atoms with E-state index in [1.54, 1.807) is 0 Å². The Morgan fingerprint density at radius 1 is 1.45 bits per heavy atom. The molecule has 1 aromatic rings. The van der Waals surface area contributed by atoms with Gasteiger partial charge in [0.2, 0.25) is 0 Å². The number of ketones is 1. The van der Waals surface area contributed by atoms with Crippen LogP contribution in [0.3, 0.4) is 0 Å². The Balaban J connectivity index is 1.78. The van der Waals surface area contributed by atoms with Crippen molar-refractivity contribution >= 4 is 17.1 Å². The summed E-state index contributed by atoms with van der Waals surface area (Å²) < 4.78 is 0. The van der Waals surface area contributed by atoms with Gasteiger partial charge >= 0.3 is 0 Å². The second-order valence-corrected chi connectivity index (χ2v) is 7.48. The van der Waals surface area contributed by atoms with Gasteiger partial charge in [-0.1, -0.05) is 39.2 Å². The molecular formula is C19H25NOS. The molecule has 0 amide bonds. The molecule has 3 heteroatoms. The van der Waals surface area contributed by atoms with Gasteiger partial charge in [0.15, 0.2) is 5.78 Å². The minimum atomic E-state index is 0.0529. The van der Waals surface area contributed by atoms with Gasteiger partial charge in [-0.05, 0) is 42.7 Å². The van der Waals surface area contributed by atoms with Gasteiger partial charge in [0.05, 0.1) is 12.5 Å².